The maximum Gasteiger partial charge on any atom is 0.0465 e. The van der Waals surface area contributed by atoms with Gasteiger partial charge >= 0.3 is 0 Å². The lowest BCUT2D eigenvalue weighted by Gasteiger charge is -1.99. The summed E-state index contributed by atoms with van der Waals surface area (Å²) in [6.45, 7) is 2.53. The Kier molecular flexibility index (Phi) is 16.9. The van der Waals surface area contributed by atoms with Crippen LogP contribution in [0.4, 0.5) is 0 Å². The molecule has 0 atom stereocenters. The van der Waals surface area contributed by atoms with E-state index in [-0.39, 0.29) is 6.61 Å². The Balaban J connectivity index is 3.04. The number of rotatable bonds is 14. The predicted octanol–water partition coefficient (Wildman–Crippen LogP) is 5.79. The first-order chi connectivity index (χ1) is 9.41. The minimum atomic E-state index is 0.281. The number of aliphatic hydroxyl groups is 1. The van der Waals surface area contributed by atoms with Gasteiger partial charge in [0.1, 0.15) is 0 Å². The molecule has 0 saturated heterocycles. The van der Waals surface area contributed by atoms with E-state index in [0.29, 0.717) is 0 Å². The molecule has 0 unspecified atom stereocenters. The van der Waals surface area contributed by atoms with Crippen LogP contribution in [0.5, 0.6) is 0 Å². The molecule has 0 aromatic rings. The normalized spacial score (nSPS) is 11.9. The number of allylic oxidation sites excluding steroid dienone is 3. The van der Waals surface area contributed by atoms with Gasteiger partial charge in [-0.25, -0.2) is 0 Å². The third-order valence-electron chi connectivity index (χ3n) is 3.35. The molecule has 1 heteroatoms. The molecule has 0 spiro atoms. The van der Waals surface area contributed by atoms with Crippen molar-refractivity contribution in [1.82, 2.24) is 0 Å². The van der Waals surface area contributed by atoms with Crippen LogP contribution in [-0.4, -0.2) is 11.7 Å². The topological polar surface area (TPSA) is 20.2 Å². The highest BCUT2D eigenvalue weighted by atomic mass is 16.2. The van der Waals surface area contributed by atoms with Crippen molar-refractivity contribution >= 4 is 0 Å². The second-order valence-corrected chi connectivity index (χ2v) is 5.30. The molecule has 0 fully saturated rings. The van der Waals surface area contributed by atoms with Crippen molar-refractivity contribution in [3.8, 4) is 0 Å². The molecule has 0 aliphatic heterocycles. The van der Waals surface area contributed by atoms with E-state index < -0.39 is 0 Å². The average Bonchev–Trinajstić information content (AvgIpc) is 2.43. The lowest BCUT2D eigenvalue weighted by Crippen LogP contribution is -1.80. The van der Waals surface area contributed by atoms with E-state index in [0.717, 1.165) is 6.42 Å². The first-order valence-corrected chi connectivity index (χ1v) is 8.32. The molecule has 0 radical (unpaired) electrons. The van der Waals surface area contributed by atoms with Crippen LogP contribution in [0, 0.1) is 0 Å². The highest BCUT2D eigenvalue weighted by Crippen LogP contribution is 2.09. The minimum Gasteiger partial charge on any atom is -0.396 e. The Bertz CT molecular complexity index is 206. The Morgan fingerprint density at radius 2 is 1.00 bits per heavy atom. The summed E-state index contributed by atoms with van der Waals surface area (Å²) in [7, 11) is 0. The van der Waals surface area contributed by atoms with Crippen LogP contribution in [0.1, 0.15) is 84.0 Å². The summed E-state index contributed by atoms with van der Waals surface area (Å²) in [4.78, 5) is 0. The van der Waals surface area contributed by atoms with Gasteiger partial charge in [-0.2, -0.15) is 0 Å². The van der Waals surface area contributed by atoms with Crippen molar-refractivity contribution in [3.63, 3.8) is 0 Å². The lowest BCUT2D eigenvalue weighted by molar-refractivity contribution is 0.302. The largest absolute Gasteiger partial charge is 0.396 e. The Hall–Kier alpha value is -0.560. The molecule has 112 valence electrons. The molecule has 0 bridgehead atoms. The summed E-state index contributed by atoms with van der Waals surface area (Å²) >= 11 is 0. The molecule has 19 heavy (non-hydrogen) atoms. The number of hydrogen-bond donors (Lipinski definition) is 1. The summed E-state index contributed by atoms with van der Waals surface area (Å²) in [5.74, 6) is 0. The summed E-state index contributed by atoms with van der Waals surface area (Å²) in [6.07, 6.45) is 24.4. The van der Waals surface area contributed by atoms with Crippen LogP contribution in [-0.2, 0) is 0 Å². The Morgan fingerprint density at radius 1 is 0.579 bits per heavy atom. The molecule has 0 amide bonds. The maximum absolute atomic E-state index is 8.61. The zero-order valence-electron chi connectivity index (χ0n) is 12.9. The number of hydrogen-bond acceptors (Lipinski definition) is 1. The van der Waals surface area contributed by atoms with Gasteiger partial charge in [-0.3, -0.25) is 0 Å². The minimum absolute atomic E-state index is 0.281. The molecule has 0 rings (SSSR count). The van der Waals surface area contributed by atoms with Crippen LogP contribution in [0.15, 0.2) is 24.3 Å². The van der Waals surface area contributed by atoms with Crippen LogP contribution >= 0.6 is 0 Å². The average molecular weight is 266 g/mol. The van der Waals surface area contributed by atoms with Crippen LogP contribution in [0.2, 0.25) is 0 Å². The summed E-state index contributed by atoms with van der Waals surface area (Å²) in [6, 6.07) is 0. The molecule has 0 saturated carbocycles. The predicted molar refractivity (Wildman–Crippen MR) is 86.4 cm³/mol. The highest BCUT2D eigenvalue weighted by molar-refractivity contribution is 4.81. The van der Waals surface area contributed by atoms with Crippen LogP contribution in [0.3, 0.4) is 0 Å². The van der Waals surface area contributed by atoms with Crippen molar-refractivity contribution in [2.75, 3.05) is 6.61 Å². The number of aliphatic hydroxyl groups excluding tert-OH is 1. The molecule has 0 aromatic heterocycles. The first kappa shape index (κ1) is 18.4. The van der Waals surface area contributed by atoms with Crippen LogP contribution < -0.4 is 0 Å². The Morgan fingerprint density at radius 3 is 1.47 bits per heavy atom. The van der Waals surface area contributed by atoms with Crippen molar-refractivity contribution < 1.29 is 5.11 Å². The fourth-order valence-corrected chi connectivity index (χ4v) is 2.10. The molecule has 0 aliphatic rings. The van der Waals surface area contributed by atoms with Crippen molar-refractivity contribution in [2.24, 2.45) is 0 Å². The highest BCUT2D eigenvalue weighted by Gasteiger charge is 1.90. The monoisotopic (exact) mass is 266 g/mol. The van der Waals surface area contributed by atoms with Gasteiger partial charge in [0.05, 0.1) is 0 Å². The summed E-state index contributed by atoms with van der Waals surface area (Å²) in [5.41, 5.74) is 0. The maximum atomic E-state index is 8.61. The van der Waals surface area contributed by atoms with E-state index in [2.05, 4.69) is 31.2 Å². The number of unbranched alkanes of at least 4 members (excludes halogenated alkanes) is 9. The van der Waals surface area contributed by atoms with Gasteiger partial charge in [0, 0.05) is 6.61 Å². The lowest BCUT2D eigenvalue weighted by atomic mass is 10.1. The zero-order chi connectivity index (χ0) is 14.0. The molecular weight excluding hydrogens is 232 g/mol. The SMILES string of the molecule is CCCC/C=C/CCCCCCCC/C=C/CCO. The quantitative estimate of drug-likeness (QED) is 0.311. The van der Waals surface area contributed by atoms with E-state index >= 15 is 0 Å². The van der Waals surface area contributed by atoms with E-state index in [4.69, 9.17) is 5.11 Å². The fraction of sp³-hybridized carbons (Fsp3) is 0.778. The van der Waals surface area contributed by atoms with E-state index in [1.807, 2.05) is 0 Å². The Labute approximate surface area is 120 Å². The van der Waals surface area contributed by atoms with Gasteiger partial charge < -0.3 is 5.11 Å². The second kappa shape index (κ2) is 17.4. The van der Waals surface area contributed by atoms with Gasteiger partial charge in [0.2, 0.25) is 0 Å². The molecule has 0 aliphatic carbocycles. The van der Waals surface area contributed by atoms with Gasteiger partial charge in [0.15, 0.2) is 0 Å². The van der Waals surface area contributed by atoms with Gasteiger partial charge in [0.25, 0.3) is 0 Å². The third kappa shape index (κ3) is 17.4. The van der Waals surface area contributed by atoms with Gasteiger partial charge in [-0.15, -0.1) is 0 Å². The second-order valence-electron chi connectivity index (χ2n) is 5.30. The first-order valence-electron chi connectivity index (χ1n) is 8.32. The van der Waals surface area contributed by atoms with E-state index in [1.54, 1.807) is 0 Å². The van der Waals surface area contributed by atoms with Crippen molar-refractivity contribution in [2.45, 2.75) is 84.0 Å². The standard InChI is InChI=1S/C18H34O/c1-2-3-4-5-6-7-8-9-10-11-12-13-14-15-16-17-18-19/h5-6,15-16,19H,2-4,7-14,17-18H2,1H3/b6-5+,16-15+. The summed E-state index contributed by atoms with van der Waals surface area (Å²) in [5, 5.41) is 8.61. The molecular formula is C18H34O. The molecule has 1 N–H and O–H groups in total. The smallest absolute Gasteiger partial charge is 0.0465 e. The van der Waals surface area contributed by atoms with E-state index in [9.17, 15) is 0 Å². The molecule has 0 heterocycles. The zero-order valence-corrected chi connectivity index (χ0v) is 12.9. The fourth-order valence-electron chi connectivity index (χ4n) is 2.10. The molecule has 0 aromatic carbocycles. The van der Waals surface area contributed by atoms with Crippen LogP contribution in [0.25, 0.3) is 0 Å². The van der Waals surface area contributed by atoms with Gasteiger partial charge in [-0.1, -0.05) is 69.8 Å². The third-order valence-corrected chi connectivity index (χ3v) is 3.35. The van der Waals surface area contributed by atoms with Crippen molar-refractivity contribution in [3.05, 3.63) is 24.3 Å². The van der Waals surface area contributed by atoms with Gasteiger partial charge in [-0.05, 0) is 38.5 Å². The summed E-state index contributed by atoms with van der Waals surface area (Å²) < 4.78 is 0. The molecule has 1 nitrogen and oxygen atoms in total. The van der Waals surface area contributed by atoms with E-state index in [1.165, 1.54) is 70.6 Å². The van der Waals surface area contributed by atoms with Crippen molar-refractivity contribution in [1.29, 1.82) is 0 Å².